The molecule has 3 aromatic rings. The van der Waals surface area contributed by atoms with Crippen LogP contribution in [-0.2, 0) is 16.8 Å². The lowest BCUT2D eigenvalue weighted by Crippen LogP contribution is -2.45. The average Bonchev–Trinajstić information content (AvgIpc) is 3.34. The molecule has 9 heteroatoms. The molecule has 1 N–H and O–H groups in total. The number of amides is 1. The van der Waals surface area contributed by atoms with Gasteiger partial charge in [0.2, 0.25) is 0 Å². The van der Waals surface area contributed by atoms with Crippen molar-refractivity contribution in [2.45, 2.75) is 79.7 Å². The summed E-state index contributed by atoms with van der Waals surface area (Å²) in [6, 6.07) is 6.00. The van der Waals surface area contributed by atoms with Gasteiger partial charge in [0.25, 0.3) is 5.91 Å². The second kappa shape index (κ2) is 9.70. The normalized spacial score (nSPS) is 18.7. The number of pyridine rings is 1. The highest BCUT2D eigenvalue weighted by molar-refractivity contribution is 7.19. The smallest absolute Gasteiger partial charge is 0.269 e. The molecule has 4 rings (SSSR count). The lowest BCUT2D eigenvalue weighted by Gasteiger charge is -2.35. The van der Waals surface area contributed by atoms with Gasteiger partial charge in [-0.05, 0) is 79.2 Å². The zero-order chi connectivity index (χ0) is 25.5. The van der Waals surface area contributed by atoms with Gasteiger partial charge in [-0.15, -0.1) is 0 Å². The standard InChI is InChI=1S/C26H36N6O2S/c1-15-9-20(10-16(2)28-15)23-21(29-25(35-23)31-13-18(4)34-19(5)14-31)12-27-24(33)22-11-17(3)30-32(22)26(6,7)8/h9-11,18-19H,12-14H2,1-8H3,(H,27,33)/t18-,19+. The molecule has 188 valence electrons. The first-order valence-corrected chi connectivity index (χ1v) is 12.9. The molecule has 3 aromatic heterocycles. The van der Waals surface area contributed by atoms with E-state index in [2.05, 4.69) is 46.3 Å². The van der Waals surface area contributed by atoms with Crippen LogP contribution >= 0.6 is 11.3 Å². The number of hydrogen-bond donors (Lipinski definition) is 1. The van der Waals surface area contributed by atoms with Crippen LogP contribution in [0.4, 0.5) is 5.13 Å². The predicted octanol–water partition coefficient (Wildman–Crippen LogP) is 4.63. The lowest BCUT2D eigenvalue weighted by atomic mass is 10.1. The van der Waals surface area contributed by atoms with Crippen LogP contribution in [0.3, 0.4) is 0 Å². The van der Waals surface area contributed by atoms with Crippen molar-refractivity contribution in [1.29, 1.82) is 0 Å². The molecule has 0 aliphatic carbocycles. The zero-order valence-electron chi connectivity index (χ0n) is 22.0. The quantitative estimate of drug-likeness (QED) is 0.555. The Labute approximate surface area is 211 Å². The van der Waals surface area contributed by atoms with E-state index in [-0.39, 0.29) is 23.7 Å². The van der Waals surface area contributed by atoms with Gasteiger partial charge < -0.3 is 15.0 Å². The molecule has 0 radical (unpaired) electrons. The van der Waals surface area contributed by atoms with Crippen molar-refractivity contribution in [2.24, 2.45) is 0 Å². The summed E-state index contributed by atoms with van der Waals surface area (Å²) in [6.45, 7) is 18.1. The second-order valence-corrected chi connectivity index (χ2v) is 11.5. The Balaban J connectivity index is 1.66. The maximum absolute atomic E-state index is 13.2. The van der Waals surface area contributed by atoms with Crippen LogP contribution in [0.15, 0.2) is 18.2 Å². The van der Waals surface area contributed by atoms with Gasteiger partial charge in [0.15, 0.2) is 5.13 Å². The fraction of sp³-hybridized carbons (Fsp3) is 0.538. The van der Waals surface area contributed by atoms with Crippen molar-refractivity contribution >= 4 is 22.4 Å². The first kappa shape index (κ1) is 25.3. The number of thiazole rings is 1. The molecule has 0 saturated carbocycles. The van der Waals surface area contributed by atoms with Gasteiger partial charge in [-0.3, -0.25) is 14.5 Å². The number of nitrogens with one attached hydrogen (secondary N) is 1. The number of anilines is 1. The summed E-state index contributed by atoms with van der Waals surface area (Å²) in [5.74, 6) is -0.156. The summed E-state index contributed by atoms with van der Waals surface area (Å²) >= 11 is 1.66. The SMILES string of the molecule is Cc1cc(-c2sc(N3C[C@@H](C)O[C@@H](C)C3)nc2CNC(=O)c2cc(C)nn2C(C)(C)C)cc(C)n1. The molecule has 4 heterocycles. The van der Waals surface area contributed by atoms with Crippen molar-refractivity contribution in [2.75, 3.05) is 18.0 Å². The van der Waals surface area contributed by atoms with Crippen molar-refractivity contribution in [3.05, 3.63) is 46.7 Å². The van der Waals surface area contributed by atoms with Gasteiger partial charge in [-0.25, -0.2) is 4.98 Å². The van der Waals surface area contributed by atoms with E-state index in [0.717, 1.165) is 51.4 Å². The highest BCUT2D eigenvalue weighted by atomic mass is 32.1. The van der Waals surface area contributed by atoms with Gasteiger partial charge in [0, 0.05) is 24.5 Å². The Morgan fingerprint density at radius 3 is 2.29 bits per heavy atom. The van der Waals surface area contributed by atoms with E-state index in [9.17, 15) is 4.79 Å². The zero-order valence-corrected chi connectivity index (χ0v) is 22.8. The van der Waals surface area contributed by atoms with E-state index in [0.29, 0.717) is 12.2 Å². The van der Waals surface area contributed by atoms with Crippen LogP contribution in [0.25, 0.3) is 10.4 Å². The van der Waals surface area contributed by atoms with Gasteiger partial charge in [-0.2, -0.15) is 5.10 Å². The molecule has 0 unspecified atom stereocenters. The third kappa shape index (κ3) is 5.73. The molecule has 1 fully saturated rings. The fourth-order valence-corrected chi connectivity index (χ4v) is 5.63. The fourth-order valence-electron chi connectivity index (χ4n) is 4.55. The summed E-state index contributed by atoms with van der Waals surface area (Å²) in [4.78, 5) is 26.1. The van der Waals surface area contributed by atoms with E-state index in [1.54, 1.807) is 16.0 Å². The molecule has 0 spiro atoms. The van der Waals surface area contributed by atoms with Crippen LogP contribution in [0.5, 0.6) is 0 Å². The average molecular weight is 497 g/mol. The third-order valence-electron chi connectivity index (χ3n) is 5.84. The molecule has 35 heavy (non-hydrogen) atoms. The van der Waals surface area contributed by atoms with Crippen molar-refractivity contribution in [3.63, 3.8) is 0 Å². The first-order chi connectivity index (χ1) is 16.4. The number of nitrogens with zero attached hydrogens (tertiary/aromatic N) is 5. The number of ether oxygens (including phenoxy) is 1. The Morgan fingerprint density at radius 2 is 1.69 bits per heavy atom. The van der Waals surface area contributed by atoms with Crippen LogP contribution in [0.2, 0.25) is 0 Å². The molecule has 1 aliphatic heterocycles. The van der Waals surface area contributed by atoms with Crippen molar-refractivity contribution in [1.82, 2.24) is 25.1 Å². The number of rotatable bonds is 5. The van der Waals surface area contributed by atoms with Crippen LogP contribution in [0.1, 0.15) is 67.9 Å². The topological polar surface area (TPSA) is 85.2 Å². The minimum atomic E-state index is -0.296. The van der Waals surface area contributed by atoms with E-state index in [1.165, 1.54) is 0 Å². The van der Waals surface area contributed by atoms with Crippen LogP contribution in [-0.4, -0.2) is 51.0 Å². The van der Waals surface area contributed by atoms with E-state index >= 15 is 0 Å². The summed E-state index contributed by atoms with van der Waals surface area (Å²) in [5, 5.41) is 8.59. The van der Waals surface area contributed by atoms with Gasteiger partial charge in [-0.1, -0.05) is 11.3 Å². The lowest BCUT2D eigenvalue weighted by molar-refractivity contribution is -0.00523. The molecule has 1 saturated heterocycles. The van der Waals surface area contributed by atoms with Crippen LogP contribution in [0, 0.1) is 20.8 Å². The number of carbonyl (C=O) groups excluding carboxylic acids is 1. The molecular formula is C26H36N6O2S. The van der Waals surface area contributed by atoms with E-state index in [1.807, 2.05) is 47.6 Å². The monoisotopic (exact) mass is 496 g/mol. The Bertz CT molecular complexity index is 1190. The first-order valence-electron chi connectivity index (χ1n) is 12.1. The Kier molecular flexibility index (Phi) is 7.02. The predicted molar refractivity (Wildman–Crippen MR) is 140 cm³/mol. The number of morpholine rings is 1. The molecule has 1 aliphatic rings. The maximum Gasteiger partial charge on any atom is 0.269 e. The number of carbonyl (C=O) groups is 1. The van der Waals surface area contributed by atoms with Crippen LogP contribution < -0.4 is 10.2 Å². The molecular weight excluding hydrogens is 460 g/mol. The largest absolute Gasteiger partial charge is 0.372 e. The van der Waals surface area contributed by atoms with Crippen molar-refractivity contribution < 1.29 is 9.53 Å². The molecule has 1 amide bonds. The molecule has 0 aromatic carbocycles. The van der Waals surface area contributed by atoms with E-state index in [4.69, 9.17) is 9.72 Å². The maximum atomic E-state index is 13.2. The molecule has 0 bridgehead atoms. The Hall–Kier alpha value is -2.78. The molecule has 2 atom stereocenters. The summed E-state index contributed by atoms with van der Waals surface area (Å²) < 4.78 is 7.71. The summed E-state index contributed by atoms with van der Waals surface area (Å²) in [5.41, 5.74) is 4.93. The summed E-state index contributed by atoms with van der Waals surface area (Å²) in [7, 11) is 0. The highest BCUT2D eigenvalue weighted by Crippen LogP contribution is 2.36. The Morgan fingerprint density at radius 1 is 1.06 bits per heavy atom. The number of aryl methyl sites for hydroxylation is 3. The van der Waals surface area contributed by atoms with Gasteiger partial charge in [0.05, 0.1) is 40.6 Å². The number of aromatic nitrogens is 4. The second-order valence-electron chi connectivity index (χ2n) is 10.5. The third-order valence-corrected chi connectivity index (χ3v) is 7.04. The number of hydrogen-bond acceptors (Lipinski definition) is 7. The molecule has 8 nitrogen and oxygen atoms in total. The van der Waals surface area contributed by atoms with Crippen molar-refractivity contribution in [3.8, 4) is 10.4 Å². The van der Waals surface area contributed by atoms with Gasteiger partial charge >= 0.3 is 0 Å². The highest BCUT2D eigenvalue weighted by Gasteiger charge is 2.27. The van der Waals surface area contributed by atoms with E-state index < -0.39 is 0 Å². The van der Waals surface area contributed by atoms with Gasteiger partial charge in [0.1, 0.15) is 5.69 Å². The minimum Gasteiger partial charge on any atom is -0.372 e. The summed E-state index contributed by atoms with van der Waals surface area (Å²) in [6.07, 6.45) is 0.279. The minimum absolute atomic E-state index is 0.139.